The molecule has 196 valence electrons. The maximum atomic E-state index is 6.68. The third-order valence-electron chi connectivity index (χ3n) is 7.37. The molecule has 0 aliphatic carbocycles. The van der Waals surface area contributed by atoms with Gasteiger partial charge in [-0.25, -0.2) is 15.0 Å². The molecule has 0 unspecified atom stereocenters. The molecule has 0 atom stereocenters. The molecule has 0 saturated carbocycles. The van der Waals surface area contributed by atoms with E-state index >= 15 is 0 Å². The van der Waals surface area contributed by atoms with Crippen LogP contribution < -0.4 is 0 Å². The van der Waals surface area contributed by atoms with E-state index in [2.05, 4.69) is 53.5 Å². The summed E-state index contributed by atoms with van der Waals surface area (Å²) in [4.78, 5) is 19.4. The molecule has 1 N–H and O–H groups in total. The van der Waals surface area contributed by atoms with Gasteiger partial charge in [0.05, 0.1) is 22.1 Å². The van der Waals surface area contributed by atoms with Crippen molar-refractivity contribution < 1.29 is 0 Å². The lowest BCUT2D eigenvalue weighted by Gasteiger charge is -2.29. The first-order valence-electron chi connectivity index (χ1n) is 13.5. The van der Waals surface area contributed by atoms with Crippen molar-refractivity contribution in [1.82, 2.24) is 9.97 Å². The monoisotopic (exact) mass is 548 g/mol. The van der Waals surface area contributed by atoms with Crippen molar-refractivity contribution in [2.45, 2.75) is 5.54 Å². The maximum Gasteiger partial charge on any atom is 0.193 e. The topological polar surface area (TPSA) is 53.4 Å². The van der Waals surface area contributed by atoms with Gasteiger partial charge in [0.2, 0.25) is 0 Å². The van der Waals surface area contributed by atoms with E-state index in [0.717, 1.165) is 44.9 Å². The van der Waals surface area contributed by atoms with Crippen LogP contribution in [0.5, 0.6) is 0 Å². The average molecular weight is 549 g/mol. The Kier molecular flexibility index (Phi) is 6.38. The zero-order valence-electron chi connectivity index (χ0n) is 22.1. The summed E-state index contributed by atoms with van der Waals surface area (Å²) in [6, 6.07) is 48.9. The van der Waals surface area contributed by atoms with Crippen LogP contribution in [0, 0.1) is 0 Å². The van der Waals surface area contributed by atoms with Gasteiger partial charge in [-0.3, -0.25) is 0 Å². The molecule has 1 aromatic heterocycles. The van der Waals surface area contributed by atoms with E-state index in [-0.39, 0.29) is 0 Å². The number of benzene rings is 5. The third-order valence-corrected chi connectivity index (χ3v) is 7.70. The van der Waals surface area contributed by atoms with E-state index in [9.17, 15) is 0 Å². The highest BCUT2D eigenvalue weighted by molar-refractivity contribution is 6.33. The van der Waals surface area contributed by atoms with Crippen molar-refractivity contribution in [2.24, 2.45) is 9.98 Å². The number of halogens is 1. The molecule has 0 radical (unpaired) electrons. The fourth-order valence-corrected chi connectivity index (χ4v) is 5.69. The average Bonchev–Trinajstić information content (AvgIpc) is 3.67. The number of aliphatic imine (C=N–C) groups is 2. The normalized spacial score (nSPS) is 14.0. The smallest absolute Gasteiger partial charge is 0.193 e. The Morgan fingerprint density at radius 2 is 1.07 bits per heavy atom. The lowest BCUT2D eigenvalue weighted by Crippen LogP contribution is -2.33. The molecule has 41 heavy (non-hydrogen) atoms. The number of H-pyrrole nitrogens is 1. The number of rotatable bonds is 6. The van der Waals surface area contributed by atoms with Crippen LogP contribution in [0.15, 0.2) is 156 Å². The first-order valence-corrected chi connectivity index (χ1v) is 13.9. The first-order chi connectivity index (χ1) is 20.2. The van der Waals surface area contributed by atoms with Gasteiger partial charge >= 0.3 is 0 Å². The van der Waals surface area contributed by atoms with Crippen LogP contribution in [-0.4, -0.2) is 21.5 Å². The second-order valence-corrected chi connectivity index (χ2v) is 10.3. The molecule has 5 aromatic carbocycles. The number of hydrogen-bond acceptors (Lipinski definition) is 3. The summed E-state index contributed by atoms with van der Waals surface area (Å²) in [5, 5.41) is 0.632. The van der Waals surface area contributed by atoms with Gasteiger partial charge in [0, 0.05) is 11.1 Å². The number of imidazole rings is 1. The quantitative estimate of drug-likeness (QED) is 0.222. The van der Waals surface area contributed by atoms with Gasteiger partial charge in [0.1, 0.15) is 0 Å². The lowest BCUT2D eigenvalue weighted by atomic mass is 9.77. The molecule has 4 nitrogen and oxygen atoms in total. The number of hydrogen-bond donors (Lipinski definition) is 1. The number of nitrogens with one attached hydrogen (secondary N) is 1. The maximum absolute atomic E-state index is 6.68. The van der Waals surface area contributed by atoms with Gasteiger partial charge in [0.15, 0.2) is 17.2 Å². The Hall–Kier alpha value is -5.06. The summed E-state index contributed by atoms with van der Waals surface area (Å²) >= 11 is 6.68. The van der Waals surface area contributed by atoms with Crippen LogP contribution in [-0.2, 0) is 5.54 Å². The Morgan fingerprint density at radius 3 is 1.66 bits per heavy atom. The van der Waals surface area contributed by atoms with Crippen LogP contribution >= 0.6 is 11.6 Å². The fraction of sp³-hybridized carbons (Fsp3) is 0.0278. The Labute approximate surface area is 243 Å². The highest BCUT2D eigenvalue weighted by Crippen LogP contribution is 2.42. The SMILES string of the molecule is Clc1ccccc1-c1nc(C2=NC(c3ccccc3)(c3ccccc3)C(c3ccccc3)=N2)[nH]c1-c1ccccc1. The van der Waals surface area contributed by atoms with Gasteiger partial charge in [-0.05, 0) is 22.8 Å². The van der Waals surface area contributed by atoms with Crippen molar-refractivity contribution in [2.75, 3.05) is 0 Å². The Morgan fingerprint density at radius 1 is 0.561 bits per heavy atom. The van der Waals surface area contributed by atoms with Crippen LogP contribution in [0.2, 0.25) is 5.02 Å². The highest BCUT2D eigenvalue weighted by atomic mass is 35.5. The summed E-state index contributed by atoms with van der Waals surface area (Å²) in [6.07, 6.45) is 0. The van der Waals surface area contributed by atoms with E-state index in [1.165, 1.54) is 0 Å². The molecule has 0 saturated heterocycles. The van der Waals surface area contributed by atoms with Crippen LogP contribution in [0.1, 0.15) is 22.5 Å². The zero-order chi connectivity index (χ0) is 27.6. The van der Waals surface area contributed by atoms with Gasteiger partial charge < -0.3 is 4.98 Å². The summed E-state index contributed by atoms with van der Waals surface area (Å²) in [6.45, 7) is 0. The largest absolute Gasteiger partial charge is 0.335 e. The summed E-state index contributed by atoms with van der Waals surface area (Å²) < 4.78 is 0. The van der Waals surface area contributed by atoms with Crippen LogP contribution in [0.25, 0.3) is 22.5 Å². The van der Waals surface area contributed by atoms with E-state index in [1.54, 1.807) is 0 Å². The minimum Gasteiger partial charge on any atom is -0.335 e. The predicted octanol–water partition coefficient (Wildman–Crippen LogP) is 8.59. The summed E-state index contributed by atoms with van der Waals surface area (Å²) in [7, 11) is 0. The second-order valence-electron chi connectivity index (χ2n) is 9.86. The fourth-order valence-electron chi connectivity index (χ4n) is 5.47. The molecule has 2 heterocycles. The molecule has 7 rings (SSSR count). The Balaban J connectivity index is 1.50. The van der Waals surface area contributed by atoms with Crippen molar-refractivity contribution in [3.8, 4) is 22.5 Å². The molecule has 1 aliphatic rings. The number of nitrogens with zero attached hydrogens (tertiary/aromatic N) is 3. The number of amidine groups is 1. The van der Waals surface area contributed by atoms with Crippen molar-refractivity contribution >= 4 is 23.1 Å². The third kappa shape index (κ3) is 4.39. The zero-order valence-corrected chi connectivity index (χ0v) is 22.8. The molecule has 0 spiro atoms. The first kappa shape index (κ1) is 24.9. The van der Waals surface area contributed by atoms with E-state index in [1.807, 2.05) is 97.1 Å². The molecular weight excluding hydrogens is 524 g/mol. The van der Waals surface area contributed by atoms with Gasteiger partial charge in [-0.15, -0.1) is 0 Å². The van der Waals surface area contributed by atoms with Gasteiger partial charge in [0.25, 0.3) is 0 Å². The molecule has 0 bridgehead atoms. The van der Waals surface area contributed by atoms with Crippen molar-refractivity contribution in [1.29, 1.82) is 0 Å². The molecule has 6 aromatic rings. The highest BCUT2D eigenvalue weighted by Gasteiger charge is 2.45. The summed E-state index contributed by atoms with van der Waals surface area (Å²) in [5.41, 5.74) is 6.53. The minimum atomic E-state index is -0.858. The van der Waals surface area contributed by atoms with Crippen molar-refractivity contribution in [3.63, 3.8) is 0 Å². The van der Waals surface area contributed by atoms with E-state index in [4.69, 9.17) is 26.6 Å². The van der Waals surface area contributed by atoms with E-state index < -0.39 is 5.54 Å². The Bertz CT molecular complexity index is 1840. The molecule has 0 amide bonds. The second kappa shape index (κ2) is 10.5. The van der Waals surface area contributed by atoms with Gasteiger partial charge in [-0.1, -0.05) is 151 Å². The predicted molar refractivity (Wildman–Crippen MR) is 168 cm³/mol. The molecular formula is C36H25ClN4. The van der Waals surface area contributed by atoms with Gasteiger partial charge in [-0.2, -0.15) is 0 Å². The standard InChI is InChI=1S/C36H25ClN4/c37-30-24-14-13-23-29(30)32-31(25-15-5-1-6-16-25)38-34(39-32)35-40-33(26-17-7-2-8-18-26)36(41-35,27-19-9-3-10-20-27)28-21-11-4-12-22-28/h1-24H,(H,38,39). The number of aromatic amines is 1. The molecule has 5 heteroatoms. The van der Waals surface area contributed by atoms with Crippen LogP contribution in [0.3, 0.4) is 0 Å². The van der Waals surface area contributed by atoms with Crippen LogP contribution in [0.4, 0.5) is 0 Å². The summed E-state index contributed by atoms with van der Waals surface area (Å²) in [5.74, 6) is 1.12. The molecule has 0 fully saturated rings. The molecule has 1 aliphatic heterocycles. The number of aromatic nitrogens is 2. The minimum absolute atomic E-state index is 0.534. The lowest BCUT2D eigenvalue weighted by molar-refractivity contribution is 0.747. The van der Waals surface area contributed by atoms with Crippen molar-refractivity contribution in [3.05, 3.63) is 173 Å². The van der Waals surface area contributed by atoms with E-state index in [0.29, 0.717) is 16.7 Å².